The van der Waals surface area contributed by atoms with Gasteiger partial charge in [0.2, 0.25) is 0 Å². The predicted octanol–water partition coefficient (Wildman–Crippen LogP) is 2.21. The van der Waals surface area contributed by atoms with Crippen LogP contribution in [-0.4, -0.2) is 16.7 Å². The topological polar surface area (TPSA) is 101 Å². The lowest BCUT2D eigenvalue weighted by Gasteiger charge is -2.05. The van der Waals surface area contributed by atoms with Crippen LogP contribution in [0.2, 0.25) is 0 Å². The third-order valence-corrected chi connectivity index (χ3v) is 2.94. The van der Waals surface area contributed by atoms with E-state index in [2.05, 4.69) is 10.9 Å². The van der Waals surface area contributed by atoms with Crippen LogP contribution < -0.4 is 10.9 Å². The number of hydrogen-bond donors (Lipinski definition) is 2. The van der Waals surface area contributed by atoms with Crippen LogP contribution in [0.15, 0.2) is 54.6 Å². The molecular weight excluding hydrogens is 317 g/mol. The van der Waals surface area contributed by atoms with Crippen LogP contribution in [0.25, 0.3) is 6.08 Å². The molecule has 0 unspecified atom stereocenters. The first kappa shape index (κ1) is 16.8. The van der Waals surface area contributed by atoms with Gasteiger partial charge in [-0.05, 0) is 48.0 Å². The third kappa shape index (κ3) is 4.73. The first-order chi connectivity index (χ1) is 11.5. The Bertz CT molecular complexity index is 786. The number of carbonyl (C=O) groups is 2. The van der Waals surface area contributed by atoms with Gasteiger partial charge in [-0.2, -0.15) is 0 Å². The Morgan fingerprint density at radius 3 is 2.21 bits per heavy atom. The Balaban J connectivity index is 1.87. The molecule has 2 aromatic rings. The molecule has 0 bridgehead atoms. The number of carbonyl (C=O) groups excluding carboxylic acids is 2. The van der Waals surface area contributed by atoms with Crippen molar-refractivity contribution in [3.63, 3.8) is 0 Å². The number of benzene rings is 2. The van der Waals surface area contributed by atoms with Gasteiger partial charge >= 0.3 is 0 Å². The second kappa shape index (κ2) is 7.63. The number of hydrazine groups is 1. The highest BCUT2D eigenvalue weighted by Crippen LogP contribution is 2.12. The van der Waals surface area contributed by atoms with Crippen molar-refractivity contribution in [2.24, 2.45) is 0 Å². The van der Waals surface area contributed by atoms with Crippen LogP contribution in [0.3, 0.4) is 0 Å². The van der Waals surface area contributed by atoms with Crippen LogP contribution in [0, 0.1) is 15.9 Å². The summed E-state index contributed by atoms with van der Waals surface area (Å²) < 4.78 is 12.7. The molecule has 0 fully saturated rings. The number of nitrogens with zero attached hydrogens (tertiary/aromatic N) is 1. The summed E-state index contributed by atoms with van der Waals surface area (Å²) in [4.78, 5) is 33.3. The highest BCUT2D eigenvalue weighted by molar-refractivity contribution is 5.97. The van der Waals surface area contributed by atoms with E-state index in [0.717, 1.165) is 18.2 Å². The van der Waals surface area contributed by atoms with Crippen molar-refractivity contribution in [3.8, 4) is 0 Å². The van der Waals surface area contributed by atoms with Crippen LogP contribution in [0.4, 0.5) is 10.1 Å². The number of halogens is 1. The average Bonchev–Trinajstić information content (AvgIpc) is 2.58. The van der Waals surface area contributed by atoms with Gasteiger partial charge in [0.05, 0.1) is 4.92 Å². The number of amides is 2. The van der Waals surface area contributed by atoms with Gasteiger partial charge < -0.3 is 0 Å². The van der Waals surface area contributed by atoms with Gasteiger partial charge in [0.25, 0.3) is 17.5 Å². The molecule has 7 nitrogen and oxygen atoms in total. The molecule has 0 aliphatic carbocycles. The van der Waals surface area contributed by atoms with Crippen molar-refractivity contribution in [1.29, 1.82) is 0 Å². The third-order valence-electron chi connectivity index (χ3n) is 2.94. The lowest BCUT2D eigenvalue weighted by Crippen LogP contribution is -2.40. The van der Waals surface area contributed by atoms with Crippen molar-refractivity contribution in [2.45, 2.75) is 0 Å². The summed E-state index contributed by atoms with van der Waals surface area (Å²) in [6.45, 7) is 0. The smallest absolute Gasteiger partial charge is 0.268 e. The van der Waals surface area contributed by atoms with E-state index in [0.29, 0.717) is 5.56 Å². The molecule has 0 heterocycles. The van der Waals surface area contributed by atoms with Crippen LogP contribution in [0.1, 0.15) is 15.9 Å². The summed E-state index contributed by atoms with van der Waals surface area (Å²) >= 11 is 0. The van der Waals surface area contributed by atoms with E-state index in [1.54, 1.807) is 0 Å². The summed E-state index contributed by atoms with van der Waals surface area (Å²) in [5, 5.41) is 10.5. The number of rotatable bonds is 4. The van der Waals surface area contributed by atoms with Crippen molar-refractivity contribution in [1.82, 2.24) is 10.9 Å². The molecular formula is C16H12FN3O4. The molecule has 0 aliphatic heterocycles. The van der Waals surface area contributed by atoms with Crippen LogP contribution in [-0.2, 0) is 4.79 Å². The SMILES string of the molecule is O=C(C=Cc1ccc([N+](=O)[O-])cc1)NNC(=O)c1ccc(F)cc1. The van der Waals surface area contributed by atoms with Crippen LogP contribution >= 0.6 is 0 Å². The Hall–Kier alpha value is -3.55. The van der Waals surface area contributed by atoms with E-state index < -0.39 is 22.6 Å². The summed E-state index contributed by atoms with van der Waals surface area (Å²) in [5.41, 5.74) is 5.07. The molecule has 2 rings (SSSR count). The standard InChI is InChI=1S/C16H12FN3O4/c17-13-6-4-12(5-7-13)16(22)19-18-15(21)10-3-11-1-8-14(9-2-11)20(23)24/h1-10H,(H,18,21)(H,19,22). The molecule has 8 heteroatoms. The summed E-state index contributed by atoms with van der Waals surface area (Å²) in [6.07, 6.45) is 2.59. The predicted molar refractivity (Wildman–Crippen MR) is 84.1 cm³/mol. The van der Waals surface area contributed by atoms with Crippen LogP contribution in [0.5, 0.6) is 0 Å². The maximum atomic E-state index is 12.7. The monoisotopic (exact) mass is 329 g/mol. The van der Waals surface area contributed by atoms with Gasteiger partial charge in [0.15, 0.2) is 0 Å². The lowest BCUT2D eigenvalue weighted by atomic mass is 10.2. The minimum Gasteiger partial charge on any atom is -0.268 e. The van der Waals surface area contributed by atoms with E-state index >= 15 is 0 Å². The second-order valence-electron chi connectivity index (χ2n) is 4.63. The maximum absolute atomic E-state index is 12.7. The summed E-state index contributed by atoms with van der Waals surface area (Å²) in [7, 11) is 0. The number of nitrogens with one attached hydrogen (secondary N) is 2. The second-order valence-corrected chi connectivity index (χ2v) is 4.63. The van der Waals surface area contributed by atoms with Crippen molar-refractivity contribution in [2.75, 3.05) is 0 Å². The van der Waals surface area contributed by atoms with Gasteiger partial charge in [-0.25, -0.2) is 4.39 Å². The van der Waals surface area contributed by atoms with Crippen molar-refractivity contribution in [3.05, 3.63) is 81.7 Å². The first-order valence-electron chi connectivity index (χ1n) is 6.74. The highest BCUT2D eigenvalue weighted by atomic mass is 19.1. The quantitative estimate of drug-likeness (QED) is 0.510. The largest absolute Gasteiger partial charge is 0.269 e. The fraction of sp³-hybridized carbons (Fsp3) is 0. The number of non-ortho nitro benzene ring substituents is 1. The fourth-order valence-corrected chi connectivity index (χ4v) is 1.71. The molecule has 2 aromatic carbocycles. The van der Waals surface area contributed by atoms with Crippen molar-refractivity contribution >= 4 is 23.6 Å². The molecule has 0 atom stereocenters. The molecule has 0 saturated carbocycles. The molecule has 0 aromatic heterocycles. The maximum Gasteiger partial charge on any atom is 0.269 e. The molecule has 0 radical (unpaired) electrons. The normalized spacial score (nSPS) is 10.4. The summed E-state index contributed by atoms with van der Waals surface area (Å²) in [5.74, 6) is -1.66. The number of nitro benzene ring substituents is 1. The molecule has 122 valence electrons. The lowest BCUT2D eigenvalue weighted by molar-refractivity contribution is -0.384. The van der Waals surface area contributed by atoms with E-state index in [9.17, 15) is 24.1 Å². The van der Waals surface area contributed by atoms with Crippen molar-refractivity contribution < 1.29 is 18.9 Å². The van der Waals surface area contributed by atoms with E-state index in [1.165, 1.54) is 42.5 Å². The van der Waals surface area contributed by atoms with Gasteiger partial charge in [0.1, 0.15) is 5.82 Å². The van der Waals surface area contributed by atoms with Gasteiger partial charge in [-0.15, -0.1) is 0 Å². The molecule has 0 saturated heterocycles. The van der Waals surface area contributed by atoms with Gasteiger partial charge in [0, 0.05) is 23.8 Å². The minimum absolute atomic E-state index is 0.0526. The van der Waals surface area contributed by atoms with Gasteiger partial charge in [-0.1, -0.05) is 0 Å². The fourth-order valence-electron chi connectivity index (χ4n) is 1.71. The van der Waals surface area contributed by atoms with E-state index in [4.69, 9.17) is 0 Å². The minimum atomic E-state index is -0.594. The Labute approximate surface area is 135 Å². The zero-order valence-corrected chi connectivity index (χ0v) is 12.2. The molecule has 2 N–H and O–H groups in total. The van der Waals surface area contributed by atoms with Gasteiger partial charge in [-0.3, -0.25) is 30.6 Å². The Kier molecular flexibility index (Phi) is 5.35. The number of nitro groups is 1. The highest BCUT2D eigenvalue weighted by Gasteiger charge is 2.06. The zero-order valence-electron chi connectivity index (χ0n) is 12.2. The zero-order chi connectivity index (χ0) is 17.5. The molecule has 24 heavy (non-hydrogen) atoms. The summed E-state index contributed by atoms with van der Waals surface area (Å²) in [6, 6.07) is 10.4. The Morgan fingerprint density at radius 1 is 1.00 bits per heavy atom. The van der Waals surface area contributed by atoms with E-state index in [1.807, 2.05) is 0 Å². The number of hydrogen-bond acceptors (Lipinski definition) is 4. The molecule has 2 amide bonds. The average molecular weight is 329 g/mol. The molecule has 0 aliphatic rings. The first-order valence-corrected chi connectivity index (χ1v) is 6.74. The molecule has 0 spiro atoms. The van der Waals surface area contributed by atoms with E-state index in [-0.39, 0.29) is 11.3 Å². The Morgan fingerprint density at radius 2 is 1.62 bits per heavy atom.